The van der Waals surface area contributed by atoms with Crippen LogP contribution >= 0.6 is 0 Å². The van der Waals surface area contributed by atoms with Crippen LogP contribution < -0.4 is 15.0 Å². The van der Waals surface area contributed by atoms with Gasteiger partial charge >= 0.3 is 5.97 Å². The number of hydrogen-bond acceptors (Lipinski definition) is 6. The predicted molar refractivity (Wildman–Crippen MR) is 123 cm³/mol. The molecule has 0 radical (unpaired) electrons. The monoisotopic (exact) mass is 427 g/mol. The van der Waals surface area contributed by atoms with E-state index in [-0.39, 0.29) is 5.56 Å². The van der Waals surface area contributed by atoms with Crippen molar-refractivity contribution in [2.45, 2.75) is 13.3 Å². The number of ether oxygens (including phenoxy) is 2. The molecule has 0 saturated carbocycles. The fourth-order valence-corrected chi connectivity index (χ4v) is 3.20. The number of esters is 1. The molecule has 4 aromatic rings. The molecule has 0 aliphatic heterocycles. The molecule has 7 heteroatoms. The van der Waals surface area contributed by atoms with Crippen molar-refractivity contribution >= 4 is 23.1 Å². The van der Waals surface area contributed by atoms with Crippen molar-refractivity contribution in [1.29, 1.82) is 0 Å². The third kappa shape index (κ3) is 4.27. The Hall–Kier alpha value is -4.26. The van der Waals surface area contributed by atoms with E-state index in [2.05, 4.69) is 10.1 Å². The van der Waals surface area contributed by atoms with Crippen molar-refractivity contribution in [3.8, 4) is 11.5 Å². The van der Waals surface area contributed by atoms with Crippen LogP contribution in [0.25, 0.3) is 10.9 Å². The molecule has 1 aromatic heterocycles. The molecule has 0 atom stereocenters. The van der Waals surface area contributed by atoms with E-state index in [9.17, 15) is 9.59 Å². The molecule has 0 amide bonds. The Balaban J connectivity index is 1.65. The zero-order valence-electron chi connectivity index (χ0n) is 17.7. The Kier molecular flexibility index (Phi) is 6.07. The lowest BCUT2D eigenvalue weighted by Crippen LogP contribution is -2.22. The first-order valence-corrected chi connectivity index (χ1v) is 10.1. The third-order valence-corrected chi connectivity index (χ3v) is 4.90. The fraction of sp³-hybridized carbons (Fsp3) is 0.120. The Labute approximate surface area is 184 Å². The standard InChI is InChI=1S/C25H21N3O4/c1-3-23-27-21-10-6-5-9-20(21)24(29)28(23)26-16-18-8-4-7-11-22(18)32-25(30)17-12-14-19(31-2)15-13-17/h4-16H,3H2,1-2H3. The van der Waals surface area contributed by atoms with Gasteiger partial charge in [-0.05, 0) is 48.5 Å². The number of aromatic nitrogens is 2. The van der Waals surface area contributed by atoms with E-state index < -0.39 is 5.97 Å². The third-order valence-electron chi connectivity index (χ3n) is 4.90. The summed E-state index contributed by atoms with van der Waals surface area (Å²) in [4.78, 5) is 30.1. The molecule has 7 nitrogen and oxygen atoms in total. The van der Waals surface area contributed by atoms with Gasteiger partial charge in [-0.15, -0.1) is 0 Å². The van der Waals surface area contributed by atoms with Gasteiger partial charge in [0.05, 0.1) is 29.8 Å². The zero-order valence-corrected chi connectivity index (χ0v) is 17.7. The minimum Gasteiger partial charge on any atom is -0.497 e. The lowest BCUT2D eigenvalue weighted by Gasteiger charge is -2.09. The van der Waals surface area contributed by atoms with Crippen LogP contribution in [0.2, 0.25) is 0 Å². The number of carbonyl (C=O) groups excluding carboxylic acids is 1. The molecule has 4 rings (SSSR count). The largest absolute Gasteiger partial charge is 0.497 e. The van der Waals surface area contributed by atoms with Crippen molar-refractivity contribution in [1.82, 2.24) is 9.66 Å². The van der Waals surface area contributed by atoms with Gasteiger partial charge in [0.2, 0.25) is 0 Å². The van der Waals surface area contributed by atoms with E-state index >= 15 is 0 Å². The van der Waals surface area contributed by atoms with Crippen LogP contribution in [0.5, 0.6) is 11.5 Å². The van der Waals surface area contributed by atoms with E-state index in [4.69, 9.17) is 9.47 Å². The first kappa shape index (κ1) is 21.0. The van der Waals surface area contributed by atoms with Crippen LogP contribution in [-0.2, 0) is 6.42 Å². The Morgan fingerprint density at radius 3 is 2.50 bits per heavy atom. The SMILES string of the molecule is CCc1nc2ccccc2c(=O)n1N=Cc1ccccc1OC(=O)c1ccc(OC)cc1. The molecular formula is C25H21N3O4. The number of benzene rings is 3. The van der Waals surface area contributed by atoms with Gasteiger partial charge in [0.1, 0.15) is 17.3 Å². The highest BCUT2D eigenvalue weighted by atomic mass is 16.5. The molecule has 0 saturated heterocycles. The average molecular weight is 427 g/mol. The van der Waals surface area contributed by atoms with Gasteiger partial charge in [-0.25, -0.2) is 9.78 Å². The van der Waals surface area contributed by atoms with Crippen LogP contribution in [0.15, 0.2) is 82.7 Å². The van der Waals surface area contributed by atoms with Gasteiger partial charge in [0.15, 0.2) is 0 Å². The summed E-state index contributed by atoms with van der Waals surface area (Å²) >= 11 is 0. The normalized spacial score (nSPS) is 11.1. The van der Waals surface area contributed by atoms with E-state index in [0.29, 0.717) is 45.8 Å². The summed E-state index contributed by atoms with van der Waals surface area (Å²) in [6.07, 6.45) is 2.03. The summed E-state index contributed by atoms with van der Waals surface area (Å²) in [5.41, 5.74) is 1.32. The smallest absolute Gasteiger partial charge is 0.343 e. The lowest BCUT2D eigenvalue weighted by atomic mass is 10.2. The van der Waals surface area contributed by atoms with Gasteiger partial charge in [-0.1, -0.05) is 31.2 Å². The molecule has 160 valence electrons. The van der Waals surface area contributed by atoms with E-state index in [1.807, 2.05) is 13.0 Å². The minimum absolute atomic E-state index is 0.253. The number of aryl methyl sites for hydroxylation is 1. The molecule has 0 spiro atoms. The van der Waals surface area contributed by atoms with Crippen LogP contribution in [0.4, 0.5) is 0 Å². The van der Waals surface area contributed by atoms with Crippen LogP contribution in [-0.4, -0.2) is 29.0 Å². The predicted octanol–water partition coefficient (Wildman–Crippen LogP) is 4.07. The van der Waals surface area contributed by atoms with E-state index in [1.54, 1.807) is 73.8 Å². The number of para-hydroxylation sites is 2. The molecule has 0 N–H and O–H groups in total. The summed E-state index contributed by atoms with van der Waals surface area (Å²) in [7, 11) is 1.56. The second-order valence-corrected chi connectivity index (χ2v) is 6.92. The number of nitrogens with zero attached hydrogens (tertiary/aromatic N) is 3. The maximum Gasteiger partial charge on any atom is 0.343 e. The first-order valence-electron chi connectivity index (χ1n) is 10.1. The van der Waals surface area contributed by atoms with Gasteiger partial charge in [-0.2, -0.15) is 9.78 Å². The van der Waals surface area contributed by atoms with Gasteiger partial charge < -0.3 is 9.47 Å². The summed E-state index contributed by atoms with van der Waals surface area (Å²) in [5, 5.41) is 4.86. The Morgan fingerprint density at radius 2 is 1.75 bits per heavy atom. The second kappa shape index (κ2) is 9.26. The number of methoxy groups -OCH3 is 1. The topological polar surface area (TPSA) is 82.8 Å². The highest BCUT2D eigenvalue weighted by Crippen LogP contribution is 2.19. The Morgan fingerprint density at radius 1 is 1.03 bits per heavy atom. The minimum atomic E-state index is -0.507. The van der Waals surface area contributed by atoms with Crippen molar-refractivity contribution in [3.05, 3.63) is 100 Å². The van der Waals surface area contributed by atoms with E-state index in [1.165, 1.54) is 10.9 Å². The molecule has 0 unspecified atom stereocenters. The average Bonchev–Trinajstić information content (AvgIpc) is 2.84. The van der Waals surface area contributed by atoms with Crippen LogP contribution in [0.3, 0.4) is 0 Å². The summed E-state index contributed by atoms with van der Waals surface area (Å²) in [5.74, 6) is 1.01. The van der Waals surface area contributed by atoms with Gasteiger partial charge in [0.25, 0.3) is 5.56 Å². The van der Waals surface area contributed by atoms with Gasteiger partial charge in [0, 0.05) is 12.0 Å². The van der Waals surface area contributed by atoms with Crippen LogP contribution in [0.1, 0.15) is 28.7 Å². The fourth-order valence-electron chi connectivity index (χ4n) is 3.20. The number of hydrogen-bond donors (Lipinski definition) is 0. The summed E-state index contributed by atoms with van der Waals surface area (Å²) in [6.45, 7) is 1.91. The van der Waals surface area contributed by atoms with E-state index in [0.717, 1.165) is 0 Å². The highest BCUT2D eigenvalue weighted by Gasteiger charge is 2.12. The summed E-state index contributed by atoms with van der Waals surface area (Å²) < 4.78 is 12.0. The highest BCUT2D eigenvalue weighted by molar-refractivity contribution is 5.93. The van der Waals surface area contributed by atoms with Crippen molar-refractivity contribution in [3.63, 3.8) is 0 Å². The Bertz CT molecular complexity index is 1360. The van der Waals surface area contributed by atoms with Crippen LogP contribution in [0, 0.1) is 0 Å². The molecule has 0 bridgehead atoms. The maximum absolute atomic E-state index is 12.9. The number of rotatable bonds is 6. The molecule has 1 heterocycles. The van der Waals surface area contributed by atoms with Crippen molar-refractivity contribution in [2.75, 3.05) is 7.11 Å². The molecule has 0 aliphatic rings. The molecular weight excluding hydrogens is 406 g/mol. The quantitative estimate of drug-likeness (QED) is 0.263. The maximum atomic E-state index is 12.9. The summed E-state index contributed by atoms with van der Waals surface area (Å²) in [6, 6.07) is 20.8. The number of fused-ring (bicyclic) bond motifs is 1. The second-order valence-electron chi connectivity index (χ2n) is 6.92. The molecule has 32 heavy (non-hydrogen) atoms. The van der Waals surface area contributed by atoms with Gasteiger partial charge in [-0.3, -0.25) is 4.79 Å². The molecule has 0 aliphatic carbocycles. The number of carbonyl (C=O) groups is 1. The van der Waals surface area contributed by atoms with Crippen molar-refractivity contribution < 1.29 is 14.3 Å². The lowest BCUT2D eigenvalue weighted by molar-refractivity contribution is 0.0734. The molecule has 0 fully saturated rings. The zero-order chi connectivity index (χ0) is 22.5. The molecule has 3 aromatic carbocycles. The first-order chi connectivity index (χ1) is 15.6. The van der Waals surface area contributed by atoms with Crippen molar-refractivity contribution in [2.24, 2.45) is 5.10 Å².